The van der Waals surface area contributed by atoms with Gasteiger partial charge in [-0.1, -0.05) is 48.5 Å². The van der Waals surface area contributed by atoms with Gasteiger partial charge in [0.1, 0.15) is 18.5 Å². The molecule has 0 saturated carbocycles. The normalized spacial score (nSPS) is 16.4. The summed E-state index contributed by atoms with van der Waals surface area (Å²) >= 11 is 0. The minimum Gasteiger partial charge on any atom is -0.491 e. The fourth-order valence-corrected chi connectivity index (χ4v) is 3.58. The van der Waals surface area contributed by atoms with Crippen molar-refractivity contribution in [2.75, 3.05) is 39.3 Å². The maximum atomic E-state index is 10.3. The van der Waals surface area contributed by atoms with Crippen molar-refractivity contribution in [2.24, 2.45) is 0 Å². The Morgan fingerprint density at radius 2 is 1.50 bits per heavy atom. The van der Waals surface area contributed by atoms with Gasteiger partial charge in [-0.25, -0.2) is 0 Å². The average Bonchev–Trinajstić information content (AvgIpc) is 3.22. The third-order valence-corrected chi connectivity index (χ3v) is 5.19. The molecule has 4 rings (SSSR count). The molecule has 30 heavy (non-hydrogen) atoms. The van der Waals surface area contributed by atoms with Crippen LogP contribution in [0.25, 0.3) is 0 Å². The monoisotopic (exact) mass is 408 g/mol. The van der Waals surface area contributed by atoms with Crippen molar-refractivity contribution in [3.63, 3.8) is 0 Å². The molecule has 1 fully saturated rings. The number of benzene rings is 2. The summed E-state index contributed by atoms with van der Waals surface area (Å²) in [6.07, 6.45) is 0.151. The maximum absolute atomic E-state index is 10.3. The van der Waals surface area contributed by atoms with E-state index in [1.165, 1.54) is 0 Å². The predicted molar refractivity (Wildman–Crippen MR) is 113 cm³/mol. The van der Waals surface area contributed by atoms with Gasteiger partial charge in [0, 0.05) is 32.7 Å². The lowest BCUT2D eigenvalue weighted by atomic mass is 10.2. The standard InChI is InChI=1S/C23H28N4O3/c28-20(18-29-21-9-5-2-6-10-21)16-26-11-13-27(14-12-26)17-23-25-24-22(30-23)15-19-7-3-1-4-8-19/h1-10,20,28H,11-18H2. The van der Waals surface area contributed by atoms with Crippen molar-refractivity contribution in [2.45, 2.75) is 19.1 Å². The van der Waals surface area contributed by atoms with Gasteiger partial charge in [0.2, 0.25) is 11.8 Å². The molecule has 1 atom stereocenters. The minimum atomic E-state index is -0.506. The van der Waals surface area contributed by atoms with Gasteiger partial charge in [-0.2, -0.15) is 0 Å². The summed E-state index contributed by atoms with van der Waals surface area (Å²) in [5.74, 6) is 2.09. The molecule has 0 radical (unpaired) electrons. The Bertz CT molecular complexity index is 880. The SMILES string of the molecule is OC(COc1ccccc1)CN1CCN(Cc2nnc(Cc3ccccc3)o2)CC1. The summed E-state index contributed by atoms with van der Waals surface area (Å²) in [5.41, 5.74) is 1.16. The maximum Gasteiger partial charge on any atom is 0.230 e. The molecule has 1 N–H and O–H groups in total. The van der Waals surface area contributed by atoms with Crippen LogP contribution < -0.4 is 4.74 Å². The highest BCUT2D eigenvalue weighted by atomic mass is 16.5. The van der Waals surface area contributed by atoms with E-state index in [0.717, 1.165) is 37.5 Å². The number of rotatable bonds is 9. The summed E-state index contributed by atoms with van der Waals surface area (Å²) in [5, 5.41) is 18.6. The second-order valence-corrected chi connectivity index (χ2v) is 7.61. The molecule has 0 aliphatic carbocycles. The first-order valence-corrected chi connectivity index (χ1v) is 10.4. The molecule has 158 valence electrons. The average molecular weight is 409 g/mol. The van der Waals surface area contributed by atoms with Crippen LogP contribution in [0.4, 0.5) is 0 Å². The van der Waals surface area contributed by atoms with E-state index in [4.69, 9.17) is 9.15 Å². The number of aromatic nitrogens is 2. The van der Waals surface area contributed by atoms with Crippen molar-refractivity contribution in [1.82, 2.24) is 20.0 Å². The topological polar surface area (TPSA) is 74.9 Å². The van der Waals surface area contributed by atoms with Gasteiger partial charge in [0.15, 0.2) is 0 Å². The number of hydrogen-bond donors (Lipinski definition) is 1. The number of ether oxygens (including phenoxy) is 1. The lowest BCUT2D eigenvalue weighted by Gasteiger charge is -2.34. The molecule has 7 nitrogen and oxygen atoms in total. The molecule has 0 amide bonds. The molecular formula is C23H28N4O3. The predicted octanol–water partition coefficient (Wildman–Crippen LogP) is 2.22. The van der Waals surface area contributed by atoms with E-state index in [9.17, 15) is 5.11 Å². The van der Waals surface area contributed by atoms with E-state index in [0.29, 0.717) is 37.9 Å². The first-order valence-electron chi connectivity index (χ1n) is 10.4. The number of β-amino-alcohol motifs (C(OH)–C–C–N with tert-alkyl or cyclic N) is 1. The Labute approximate surface area is 176 Å². The van der Waals surface area contributed by atoms with Crippen LogP contribution in [0.15, 0.2) is 65.1 Å². The van der Waals surface area contributed by atoms with Crippen LogP contribution in [0.3, 0.4) is 0 Å². The Morgan fingerprint density at radius 3 is 2.23 bits per heavy atom. The van der Waals surface area contributed by atoms with Gasteiger partial charge in [-0.3, -0.25) is 9.80 Å². The molecule has 2 heterocycles. The molecule has 1 saturated heterocycles. The van der Waals surface area contributed by atoms with Gasteiger partial charge < -0.3 is 14.3 Å². The Kier molecular flexibility index (Phi) is 7.07. The third kappa shape index (κ3) is 6.13. The molecule has 3 aromatic rings. The largest absolute Gasteiger partial charge is 0.491 e. The van der Waals surface area contributed by atoms with Crippen LogP contribution in [0.5, 0.6) is 5.75 Å². The molecule has 1 aromatic heterocycles. The Balaban J connectivity index is 1.17. The lowest BCUT2D eigenvalue weighted by Crippen LogP contribution is -2.48. The zero-order chi connectivity index (χ0) is 20.6. The number of aliphatic hydroxyl groups is 1. The zero-order valence-electron chi connectivity index (χ0n) is 17.1. The van der Waals surface area contributed by atoms with Gasteiger partial charge in [0.25, 0.3) is 0 Å². The highest BCUT2D eigenvalue weighted by molar-refractivity contribution is 5.21. The first kappa shape index (κ1) is 20.5. The van der Waals surface area contributed by atoms with Crippen LogP contribution in [-0.4, -0.2) is 70.5 Å². The third-order valence-electron chi connectivity index (χ3n) is 5.19. The Morgan fingerprint density at radius 1 is 0.867 bits per heavy atom. The summed E-state index contributed by atoms with van der Waals surface area (Å²) in [4.78, 5) is 4.58. The summed E-state index contributed by atoms with van der Waals surface area (Å²) < 4.78 is 11.5. The smallest absolute Gasteiger partial charge is 0.230 e. The van der Waals surface area contributed by atoms with E-state index < -0.39 is 6.10 Å². The fraction of sp³-hybridized carbons (Fsp3) is 0.391. The van der Waals surface area contributed by atoms with Gasteiger partial charge in [-0.05, 0) is 17.7 Å². The Hall–Kier alpha value is -2.74. The van der Waals surface area contributed by atoms with Crippen molar-refractivity contribution >= 4 is 0 Å². The lowest BCUT2D eigenvalue weighted by molar-refractivity contribution is 0.0429. The van der Waals surface area contributed by atoms with Crippen LogP contribution in [0.2, 0.25) is 0 Å². The van der Waals surface area contributed by atoms with E-state index in [-0.39, 0.29) is 0 Å². The van der Waals surface area contributed by atoms with E-state index in [1.807, 2.05) is 48.5 Å². The van der Waals surface area contributed by atoms with Gasteiger partial charge in [0.05, 0.1) is 13.0 Å². The van der Waals surface area contributed by atoms with Crippen LogP contribution in [0, 0.1) is 0 Å². The molecule has 1 aliphatic heterocycles. The summed E-state index contributed by atoms with van der Waals surface area (Å²) in [6, 6.07) is 19.7. The second kappa shape index (κ2) is 10.3. The number of nitrogens with zero attached hydrogens (tertiary/aromatic N) is 4. The van der Waals surface area contributed by atoms with Crippen LogP contribution >= 0.6 is 0 Å². The van der Waals surface area contributed by atoms with E-state index in [2.05, 4.69) is 32.1 Å². The summed E-state index contributed by atoms with van der Waals surface area (Å²) in [7, 11) is 0. The van der Waals surface area contributed by atoms with Crippen LogP contribution in [0.1, 0.15) is 17.3 Å². The van der Waals surface area contributed by atoms with Crippen molar-refractivity contribution in [3.8, 4) is 5.75 Å². The molecule has 1 unspecified atom stereocenters. The van der Waals surface area contributed by atoms with Crippen molar-refractivity contribution < 1.29 is 14.3 Å². The van der Waals surface area contributed by atoms with Gasteiger partial charge in [-0.15, -0.1) is 10.2 Å². The van der Waals surface area contributed by atoms with Gasteiger partial charge >= 0.3 is 0 Å². The molecule has 1 aliphatic rings. The fourth-order valence-electron chi connectivity index (χ4n) is 3.58. The van der Waals surface area contributed by atoms with E-state index >= 15 is 0 Å². The molecule has 0 bridgehead atoms. The number of aliphatic hydroxyl groups excluding tert-OH is 1. The quantitative estimate of drug-likeness (QED) is 0.582. The molecule has 2 aromatic carbocycles. The molecular weight excluding hydrogens is 380 g/mol. The number of hydrogen-bond acceptors (Lipinski definition) is 7. The molecule has 7 heteroatoms. The number of piperazine rings is 1. The van der Waals surface area contributed by atoms with E-state index in [1.54, 1.807) is 0 Å². The first-order chi connectivity index (χ1) is 14.7. The minimum absolute atomic E-state index is 0.302. The highest BCUT2D eigenvalue weighted by Gasteiger charge is 2.21. The van der Waals surface area contributed by atoms with Crippen LogP contribution in [-0.2, 0) is 13.0 Å². The number of para-hydroxylation sites is 1. The molecule has 0 spiro atoms. The van der Waals surface area contributed by atoms with Crippen molar-refractivity contribution in [3.05, 3.63) is 78.0 Å². The second-order valence-electron chi connectivity index (χ2n) is 7.61. The van der Waals surface area contributed by atoms with Crippen molar-refractivity contribution in [1.29, 1.82) is 0 Å². The summed E-state index contributed by atoms with van der Waals surface area (Å²) in [6.45, 7) is 5.18. The zero-order valence-corrected chi connectivity index (χ0v) is 17.1. The highest BCUT2D eigenvalue weighted by Crippen LogP contribution is 2.12.